The predicted octanol–water partition coefficient (Wildman–Crippen LogP) is 4.17. The third-order valence-electron chi connectivity index (χ3n) is 4.01. The van der Waals surface area contributed by atoms with Crippen molar-refractivity contribution in [1.82, 2.24) is 0 Å². The van der Waals surface area contributed by atoms with Crippen LogP contribution in [-0.2, 0) is 9.53 Å². The van der Waals surface area contributed by atoms with Crippen LogP contribution in [0.2, 0.25) is 0 Å². The highest BCUT2D eigenvalue weighted by Gasteiger charge is 2.15. The van der Waals surface area contributed by atoms with Gasteiger partial charge in [-0.3, -0.25) is 4.79 Å². The van der Waals surface area contributed by atoms with Crippen LogP contribution in [-0.4, -0.2) is 18.5 Å². The van der Waals surface area contributed by atoms with Gasteiger partial charge in [-0.05, 0) is 42.8 Å². The summed E-state index contributed by atoms with van der Waals surface area (Å²) in [5, 5.41) is 2.69. The second-order valence-electron chi connectivity index (χ2n) is 6.07. The van der Waals surface area contributed by atoms with Gasteiger partial charge in [-0.2, -0.15) is 0 Å². The van der Waals surface area contributed by atoms with Gasteiger partial charge in [0.2, 0.25) is 0 Å². The van der Waals surface area contributed by atoms with Gasteiger partial charge >= 0.3 is 5.97 Å². The molecule has 0 atom stereocenters. The molecule has 0 bridgehead atoms. The number of amides is 1. The molecule has 0 aliphatic heterocycles. The number of ether oxygens (including phenoxy) is 2. The maximum absolute atomic E-state index is 12.2. The van der Waals surface area contributed by atoms with E-state index in [2.05, 4.69) is 5.32 Å². The normalized spacial score (nSPS) is 10.2. The number of para-hydroxylation sites is 4. The van der Waals surface area contributed by atoms with Gasteiger partial charge in [0.25, 0.3) is 5.91 Å². The number of carbonyl (C=O) groups excluding carboxylic acids is 2. The third-order valence-corrected chi connectivity index (χ3v) is 4.01. The molecule has 0 radical (unpaired) electrons. The van der Waals surface area contributed by atoms with Crippen LogP contribution in [0.1, 0.15) is 15.9 Å². The Morgan fingerprint density at radius 1 is 0.929 bits per heavy atom. The maximum Gasteiger partial charge on any atom is 0.340 e. The predicted molar refractivity (Wildman–Crippen MR) is 107 cm³/mol. The Balaban J connectivity index is 1.62. The van der Waals surface area contributed by atoms with Crippen molar-refractivity contribution in [3.05, 3.63) is 83.9 Å². The highest BCUT2D eigenvalue weighted by atomic mass is 16.5. The fourth-order valence-corrected chi connectivity index (χ4v) is 2.53. The summed E-state index contributed by atoms with van der Waals surface area (Å²) in [6.07, 6.45) is 0. The molecule has 0 spiro atoms. The Labute approximate surface area is 162 Å². The topological polar surface area (TPSA) is 90.7 Å². The highest BCUT2D eigenvalue weighted by molar-refractivity contribution is 5.99. The standard InChI is InChI=1S/C22H20N2O4/c1-15-8-7-11-17(21(15)23)22(26)27-14-20(25)24-18-12-5-6-13-19(18)28-16-9-3-2-4-10-16/h2-13H,14,23H2,1H3,(H,24,25). The van der Waals surface area contributed by atoms with Crippen molar-refractivity contribution in [2.24, 2.45) is 0 Å². The third kappa shape index (κ3) is 4.67. The van der Waals surface area contributed by atoms with Crippen LogP contribution < -0.4 is 15.8 Å². The molecule has 0 unspecified atom stereocenters. The van der Waals surface area contributed by atoms with E-state index in [1.54, 1.807) is 49.4 Å². The fourth-order valence-electron chi connectivity index (χ4n) is 2.53. The van der Waals surface area contributed by atoms with Crippen LogP contribution in [0.15, 0.2) is 72.8 Å². The van der Waals surface area contributed by atoms with Crippen LogP contribution in [0, 0.1) is 6.92 Å². The van der Waals surface area contributed by atoms with Gasteiger partial charge in [-0.25, -0.2) is 4.79 Å². The van der Waals surface area contributed by atoms with Crippen molar-refractivity contribution in [2.45, 2.75) is 6.92 Å². The molecule has 0 aromatic heterocycles. The van der Waals surface area contributed by atoms with Crippen molar-refractivity contribution in [2.75, 3.05) is 17.7 Å². The van der Waals surface area contributed by atoms with Crippen LogP contribution in [0.4, 0.5) is 11.4 Å². The van der Waals surface area contributed by atoms with Crippen molar-refractivity contribution in [1.29, 1.82) is 0 Å². The lowest BCUT2D eigenvalue weighted by Gasteiger charge is -2.12. The maximum atomic E-state index is 12.2. The number of rotatable bonds is 6. The number of hydrogen-bond acceptors (Lipinski definition) is 5. The molecule has 3 rings (SSSR count). The molecular weight excluding hydrogens is 356 g/mol. The number of carbonyl (C=O) groups is 2. The lowest BCUT2D eigenvalue weighted by Crippen LogP contribution is -2.21. The Kier molecular flexibility index (Phi) is 5.91. The quantitative estimate of drug-likeness (QED) is 0.498. The Bertz CT molecular complexity index is 987. The first kappa shape index (κ1) is 19.0. The lowest BCUT2D eigenvalue weighted by atomic mass is 10.1. The Hall–Kier alpha value is -3.80. The molecule has 142 valence electrons. The first-order chi connectivity index (χ1) is 13.5. The number of esters is 1. The van der Waals surface area contributed by atoms with Gasteiger partial charge in [0, 0.05) is 5.69 Å². The van der Waals surface area contributed by atoms with Gasteiger partial charge in [-0.15, -0.1) is 0 Å². The lowest BCUT2D eigenvalue weighted by molar-refractivity contribution is -0.119. The van der Waals surface area contributed by atoms with Crippen LogP contribution >= 0.6 is 0 Å². The summed E-state index contributed by atoms with van der Waals surface area (Å²) in [5.41, 5.74) is 7.71. The molecule has 0 heterocycles. The van der Waals surface area contributed by atoms with E-state index in [1.807, 2.05) is 30.3 Å². The largest absolute Gasteiger partial charge is 0.455 e. The van der Waals surface area contributed by atoms with Crippen LogP contribution in [0.5, 0.6) is 11.5 Å². The van der Waals surface area contributed by atoms with E-state index in [9.17, 15) is 9.59 Å². The molecule has 28 heavy (non-hydrogen) atoms. The monoisotopic (exact) mass is 376 g/mol. The zero-order valence-corrected chi connectivity index (χ0v) is 15.3. The number of aryl methyl sites for hydroxylation is 1. The Morgan fingerprint density at radius 3 is 2.43 bits per heavy atom. The molecule has 6 heteroatoms. The number of benzene rings is 3. The molecule has 3 N–H and O–H groups in total. The molecule has 3 aromatic rings. The van der Waals surface area contributed by atoms with E-state index in [1.165, 1.54) is 0 Å². The van der Waals surface area contributed by atoms with E-state index >= 15 is 0 Å². The molecule has 0 saturated carbocycles. The number of nitrogens with one attached hydrogen (secondary N) is 1. The van der Waals surface area contributed by atoms with E-state index in [0.717, 1.165) is 5.56 Å². The van der Waals surface area contributed by atoms with Crippen molar-refractivity contribution >= 4 is 23.3 Å². The number of nitrogen functional groups attached to an aromatic ring is 1. The van der Waals surface area contributed by atoms with Gasteiger partial charge < -0.3 is 20.5 Å². The summed E-state index contributed by atoms with van der Waals surface area (Å²) in [6.45, 7) is 1.36. The second-order valence-corrected chi connectivity index (χ2v) is 6.07. The average Bonchev–Trinajstić information content (AvgIpc) is 2.70. The van der Waals surface area contributed by atoms with Crippen LogP contribution in [0.3, 0.4) is 0 Å². The van der Waals surface area contributed by atoms with Gasteiger partial charge in [0.15, 0.2) is 12.4 Å². The summed E-state index contributed by atoms with van der Waals surface area (Å²) in [7, 11) is 0. The number of nitrogens with two attached hydrogens (primary N) is 1. The molecule has 1 amide bonds. The number of hydrogen-bond donors (Lipinski definition) is 2. The van der Waals surface area contributed by atoms with Crippen molar-refractivity contribution in [3.63, 3.8) is 0 Å². The smallest absolute Gasteiger partial charge is 0.340 e. The zero-order valence-electron chi connectivity index (χ0n) is 15.3. The first-order valence-corrected chi connectivity index (χ1v) is 8.68. The van der Waals surface area contributed by atoms with Crippen LogP contribution in [0.25, 0.3) is 0 Å². The first-order valence-electron chi connectivity index (χ1n) is 8.68. The minimum Gasteiger partial charge on any atom is -0.455 e. The summed E-state index contributed by atoms with van der Waals surface area (Å²) >= 11 is 0. The van der Waals surface area contributed by atoms with E-state index in [-0.39, 0.29) is 5.56 Å². The van der Waals surface area contributed by atoms with Gasteiger partial charge in [0.05, 0.1) is 11.3 Å². The molecule has 0 aliphatic rings. The minimum absolute atomic E-state index is 0.237. The summed E-state index contributed by atoms with van der Waals surface area (Å²) < 4.78 is 10.9. The van der Waals surface area contributed by atoms with E-state index in [0.29, 0.717) is 22.9 Å². The molecular formula is C22H20N2O4. The highest BCUT2D eigenvalue weighted by Crippen LogP contribution is 2.29. The van der Waals surface area contributed by atoms with E-state index < -0.39 is 18.5 Å². The summed E-state index contributed by atoms with van der Waals surface area (Å²) in [6, 6.07) is 21.3. The van der Waals surface area contributed by atoms with Crippen molar-refractivity contribution in [3.8, 4) is 11.5 Å². The minimum atomic E-state index is -0.648. The summed E-state index contributed by atoms with van der Waals surface area (Å²) in [4.78, 5) is 24.4. The zero-order chi connectivity index (χ0) is 19.9. The van der Waals surface area contributed by atoms with E-state index in [4.69, 9.17) is 15.2 Å². The Morgan fingerprint density at radius 2 is 1.64 bits per heavy atom. The molecule has 0 fully saturated rings. The molecule has 0 aliphatic carbocycles. The SMILES string of the molecule is Cc1cccc(C(=O)OCC(=O)Nc2ccccc2Oc2ccccc2)c1N. The van der Waals surface area contributed by atoms with Crippen molar-refractivity contribution < 1.29 is 19.1 Å². The molecule has 0 saturated heterocycles. The fraction of sp³-hybridized carbons (Fsp3) is 0.0909. The second kappa shape index (κ2) is 8.73. The number of anilines is 2. The van der Waals surface area contributed by atoms with Gasteiger partial charge in [-0.1, -0.05) is 42.5 Å². The summed E-state index contributed by atoms with van der Waals surface area (Å²) in [5.74, 6) is -0.00397. The van der Waals surface area contributed by atoms with Gasteiger partial charge in [0.1, 0.15) is 5.75 Å². The average molecular weight is 376 g/mol. The molecule has 6 nitrogen and oxygen atoms in total. The molecule has 3 aromatic carbocycles.